The van der Waals surface area contributed by atoms with Gasteiger partial charge in [-0.15, -0.1) is 0 Å². The van der Waals surface area contributed by atoms with Crippen molar-refractivity contribution in [2.75, 3.05) is 13.2 Å². The molecule has 0 spiro atoms. The molecule has 0 unspecified atom stereocenters. The lowest BCUT2D eigenvalue weighted by Crippen LogP contribution is -2.14. The van der Waals surface area contributed by atoms with E-state index in [1.165, 1.54) is 0 Å². The second-order valence-corrected chi connectivity index (χ2v) is 7.37. The van der Waals surface area contributed by atoms with Crippen molar-refractivity contribution in [2.45, 2.75) is 13.8 Å². The molecule has 3 aromatic carbocycles. The van der Waals surface area contributed by atoms with Gasteiger partial charge >= 0.3 is 7.60 Å². The lowest BCUT2D eigenvalue weighted by Gasteiger charge is -2.21. The molecule has 124 valence electrons. The molecular formula is C20H21O3P. The summed E-state index contributed by atoms with van der Waals surface area (Å²) in [6.45, 7) is 4.32. The van der Waals surface area contributed by atoms with E-state index in [1.54, 1.807) is 0 Å². The fourth-order valence-corrected chi connectivity index (χ4v) is 4.73. The first-order valence-electron chi connectivity index (χ1n) is 8.16. The molecule has 4 heteroatoms. The number of hydrogen-bond donors (Lipinski definition) is 0. The highest BCUT2D eigenvalue weighted by atomic mass is 31.2. The van der Waals surface area contributed by atoms with Crippen LogP contribution in [0.1, 0.15) is 13.8 Å². The fraction of sp³-hybridized carbons (Fsp3) is 0.200. The van der Waals surface area contributed by atoms with Gasteiger partial charge in [0.2, 0.25) is 0 Å². The molecule has 0 aliphatic rings. The minimum Gasteiger partial charge on any atom is -0.305 e. The van der Waals surface area contributed by atoms with Crippen LogP contribution in [-0.2, 0) is 13.6 Å². The zero-order valence-electron chi connectivity index (χ0n) is 13.9. The third kappa shape index (κ3) is 3.16. The Morgan fingerprint density at radius 1 is 0.792 bits per heavy atom. The highest BCUT2D eigenvalue weighted by Crippen LogP contribution is 2.50. The average Bonchev–Trinajstić information content (AvgIpc) is 2.62. The van der Waals surface area contributed by atoms with E-state index < -0.39 is 7.60 Å². The highest BCUT2D eigenvalue weighted by molar-refractivity contribution is 7.62. The van der Waals surface area contributed by atoms with Crippen LogP contribution in [0.25, 0.3) is 21.9 Å². The van der Waals surface area contributed by atoms with Crippen LogP contribution in [0.2, 0.25) is 0 Å². The maximum Gasteiger partial charge on any atom is 0.361 e. The fourth-order valence-electron chi connectivity index (χ4n) is 2.91. The molecule has 0 radical (unpaired) electrons. The Morgan fingerprint density at radius 2 is 1.42 bits per heavy atom. The second-order valence-electron chi connectivity index (χ2n) is 5.38. The third-order valence-corrected chi connectivity index (χ3v) is 6.02. The lowest BCUT2D eigenvalue weighted by molar-refractivity contribution is 0.230. The van der Waals surface area contributed by atoms with Crippen LogP contribution in [0.3, 0.4) is 0 Å². The molecule has 3 rings (SSSR count). The van der Waals surface area contributed by atoms with Gasteiger partial charge in [0.05, 0.1) is 18.5 Å². The van der Waals surface area contributed by atoms with E-state index in [2.05, 4.69) is 6.07 Å². The summed E-state index contributed by atoms with van der Waals surface area (Å²) in [6, 6.07) is 21.9. The van der Waals surface area contributed by atoms with Gasteiger partial charge in [0.15, 0.2) is 0 Å². The van der Waals surface area contributed by atoms with Crippen LogP contribution < -0.4 is 5.30 Å². The number of hydrogen-bond acceptors (Lipinski definition) is 3. The normalized spacial score (nSPS) is 11.8. The lowest BCUT2D eigenvalue weighted by atomic mass is 9.98. The summed E-state index contributed by atoms with van der Waals surface area (Å²) in [6.07, 6.45) is 0. The maximum atomic E-state index is 13.4. The molecule has 0 amide bonds. The van der Waals surface area contributed by atoms with Crippen molar-refractivity contribution in [2.24, 2.45) is 0 Å². The summed E-state index contributed by atoms with van der Waals surface area (Å²) in [5, 5.41) is 2.76. The monoisotopic (exact) mass is 340 g/mol. The van der Waals surface area contributed by atoms with Crippen molar-refractivity contribution in [3.05, 3.63) is 66.7 Å². The standard InChI is InChI=1S/C20H21O3P/c1-3-22-24(21,23-4-2)19-15-14-16-10-8-9-13-18(16)20(19)17-11-6-5-7-12-17/h5-15H,3-4H2,1-2H3. The smallest absolute Gasteiger partial charge is 0.305 e. The predicted molar refractivity (Wildman–Crippen MR) is 99.9 cm³/mol. The Morgan fingerprint density at radius 3 is 2.08 bits per heavy atom. The van der Waals surface area contributed by atoms with Gasteiger partial charge < -0.3 is 9.05 Å². The van der Waals surface area contributed by atoms with Crippen LogP contribution in [-0.4, -0.2) is 13.2 Å². The Hall–Kier alpha value is -1.93. The van der Waals surface area contributed by atoms with Crippen molar-refractivity contribution < 1.29 is 13.6 Å². The second kappa shape index (κ2) is 7.31. The minimum absolute atomic E-state index is 0.332. The van der Waals surface area contributed by atoms with Crippen LogP contribution in [0.4, 0.5) is 0 Å². The van der Waals surface area contributed by atoms with Gasteiger partial charge in [0.25, 0.3) is 0 Å². The van der Waals surface area contributed by atoms with E-state index in [0.29, 0.717) is 18.5 Å². The molecule has 0 saturated carbocycles. The molecule has 3 nitrogen and oxygen atoms in total. The van der Waals surface area contributed by atoms with Crippen molar-refractivity contribution in [3.63, 3.8) is 0 Å². The van der Waals surface area contributed by atoms with Crippen molar-refractivity contribution in [1.29, 1.82) is 0 Å². The Labute approximate surface area is 142 Å². The molecule has 3 aromatic rings. The quantitative estimate of drug-likeness (QED) is 0.564. The summed E-state index contributed by atoms with van der Waals surface area (Å²) in [5.41, 5.74) is 1.92. The van der Waals surface area contributed by atoms with E-state index in [-0.39, 0.29) is 0 Å². The molecule has 0 aromatic heterocycles. The Kier molecular flexibility index (Phi) is 5.15. The topological polar surface area (TPSA) is 35.5 Å². The van der Waals surface area contributed by atoms with Crippen molar-refractivity contribution in [1.82, 2.24) is 0 Å². The molecule has 0 aliphatic heterocycles. The minimum atomic E-state index is -3.38. The predicted octanol–water partition coefficient (Wildman–Crippen LogP) is 5.40. The molecule has 0 fully saturated rings. The van der Waals surface area contributed by atoms with Gasteiger partial charge in [-0.1, -0.05) is 60.7 Å². The number of rotatable bonds is 6. The van der Waals surface area contributed by atoms with Crippen LogP contribution in [0.15, 0.2) is 66.7 Å². The molecule has 0 N–H and O–H groups in total. The molecule has 0 aliphatic carbocycles. The largest absolute Gasteiger partial charge is 0.361 e. The van der Waals surface area contributed by atoms with E-state index in [1.807, 2.05) is 74.5 Å². The summed E-state index contributed by atoms with van der Waals surface area (Å²) in [7, 11) is -3.38. The summed E-state index contributed by atoms with van der Waals surface area (Å²) < 4.78 is 24.6. The number of benzene rings is 3. The van der Waals surface area contributed by atoms with Crippen LogP contribution in [0.5, 0.6) is 0 Å². The van der Waals surface area contributed by atoms with E-state index in [0.717, 1.165) is 21.9 Å². The van der Waals surface area contributed by atoms with Gasteiger partial charge in [-0.05, 0) is 36.2 Å². The van der Waals surface area contributed by atoms with Gasteiger partial charge in [0.1, 0.15) is 0 Å². The summed E-state index contributed by atoms with van der Waals surface area (Å²) >= 11 is 0. The SMILES string of the molecule is CCOP(=O)(OCC)c1ccc2ccccc2c1-c1ccccc1. The molecule has 0 saturated heterocycles. The Bertz CT molecular complexity index is 864. The third-order valence-electron chi connectivity index (χ3n) is 3.86. The first-order valence-corrected chi connectivity index (χ1v) is 9.70. The zero-order chi connectivity index (χ0) is 17.0. The molecule has 24 heavy (non-hydrogen) atoms. The Balaban J connectivity index is 2.34. The van der Waals surface area contributed by atoms with E-state index in [4.69, 9.17) is 9.05 Å². The van der Waals surface area contributed by atoms with Gasteiger partial charge in [-0.2, -0.15) is 0 Å². The average molecular weight is 340 g/mol. The maximum absolute atomic E-state index is 13.4. The first kappa shape index (κ1) is 16.9. The van der Waals surface area contributed by atoms with E-state index in [9.17, 15) is 4.57 Å². The highest BCUT2D eigenvalue weighted by Gasteiger charge is 2.30. The number of fused-ring (bicyclic) bond motifs is 1. The van der Waals surface area contributed by atoms with Crippen molar-refractivity contribution in [3.8, 4) is 11.1 Å². The zero-order valence-corrected chi connectivity index (χ0v) is 14.8. The van der Waals surface area contributed by atoms with E-state index >= 15 is 0 Å². The van der Waals surface area contributed by atoms with Crippen LogP contribution in [0, 0.1) is 0 Å². The molecular weight excluding hydrogens is 319 g/mol. The molecule has 0 atom stereocenters. The van der Waals surface area contributed by atoms with Crippen molar-refractivity contribution >= 4 is 23.7 Å². The molecule has 0 heterocycles. The van der Waals surface area contributed by atoms with Gasteiger partial charge in [0, 0.05) is 5.56 Å². The van der Waals surface area contributed by atoms with Gasteiger partial charge in [-0.25, -0.2) is 0 Å². The molecule has 0 bridgehead atoms. The summed E-state index contributed by atoms with van der Waals surface area (Å²) in [4.78, 5) is 0. The summed E-state index contributed by atoms with van der Waals surface area (Å²) in [5.74, 6) is 0. The first-order chi connectivity index (χ1) is 11.7. The van der Waals surface area contributed by atoms with Crippen LogP contribution >= 0.6 is 7.60 Å². The van der Waals surface area contributed by atoms with Gasteiger partial charge in [-0.3, -0.25) is 4.57 Å².